The molecule has 1 N–H and O–H groups in total. The Morgan fingerprint density at radius 2 is 2.06 bits per heavy atom. The van der Waals surface area contributed by atoms with Gasteiger partial charge in [-0.1, -0.05) is 0 Å². The van der Waals surface area contributed by atoms with E-state index in [0.717, 1.165) is 22.3 Å². The van der Waals surface area contributed by atoms with Crippen LogP contribution in [0.5, 0.6) is 5.75 Å². The molecule has 84 valence electrons. The monoisotopic (exact) mass is 225 g/mol. The van der Waals surface area contributed by atoms with Gasteiger partial charge in [0.15, 0.2) is 0 Å². The molecular weight excluding hydrogens is 214 g/mol. The number of rotatable bonds is 1. The van der Waals surface area contributed by atoms with E-state index in [1.165, 1.54) is 6.20 Å². The first kappa shape index (κ1) is 9.84. The van der Waals surface area contributed by atoms with E-state index in [0.29, 0.717) is 0 Å². The Labute approximate surface area is 98.2 Å². The van der Waals surface area contributed by atoms with Crippen LogP contribution in [0.15, 0.2) is 43.1 Å². The quantitative estimate of drug-likeness (QED) is 0.691. The van der Waals surface area contributed by atoms with Gasteiger partial charge in [-0.2, -0.15) is 0 Å². The van der Waals surface area contributed by atoms with Gasteiger partial charge in [0, 0.05) is 35.9 Å². The molecule has 0 aliphatic heterocycles. The van der Waals surface area contributed by atoms with Gasteiger partial charge in [0.25, 0.3) is 0 Å². The Morgan fingerprint density at radius 1 is 1.18 bits per heavy atom. The molecule has 4 heteroatoms. The lowest BCUT2D eigenvalue weighted by atomic mass is 10.1. The first-order chi connectivity index (χ1) is 8.24. The van der Waals surface area contributed by atoms with E-state index in [1.807, 2.05) is 29.8 Å². The molecule has 0 bridgehead atoms. The van der Waals surface area contributed by atoms with Crippen LogP contribution >= 0.6 is 0 Å². The third kappa shape index (κ3) is 1.63. The van der Waals surface area contributed by atoms with Gasteiger partial charge in [-0.3, -0.25) is 4.98 Å². The summed E-state index contributed by atoms with van der Waals surface area (Å²) in [6.07, 6.45) is 8.81. The van der Waals surface area contributed by atoms with E-state index in [1.54, 1.807) is 18.5 Å². The summed E-state index contributed by atoms with van der Waals surface area (Å²) in [5.41, 5.74) is 3.94. The van der Waals surface area contributed by atoms with Crippen LogP contribution in [-0.4, -0.2) is 19.5 Å². The summed E-state index contributed by atoms with van der Waals surface area (Å²) in [4.78, 5) is 8.25. The molecule has 0 radical (unpaired) electrons. The van der Waals surface area contributed by atoms with Crippen molar-refractivity contribution < 1.29 is 5.11 Å². The van der Waals surface area contributed by atoms with Gasteiger partial charge in [-0.25, -0.2) is 4.98 Å². The van der Waals surface area contributed by atoms with E-state index < -0.39 is 0 Å². The summed E-state index contributed by atoms with van der Waals surface area (Å²) in [7, 11) is 0. The fourth-order valence-corrected chi connectivity index (χ4v) is 1.95. The van der Waals surface area contributed by atoms with Crippen LogP contribution in [0.4, 0.5) is 0 Å². The minimum Gasteiger partial charge on any atom is -0.506 e. The topological polar surface area (TPSA) is 50.4 Å². The molecule has 3 heterocycles. The summed E-state index contributed by atoms with van der Waals surface area (Å²) >= 11 is 0. The number of hydrogen-bond donors (Lipinski definition) is 1. The summed E-state index contributed by atoms with van der Waals surface area (Å²) in [6.45, 7) is 2.02. The van der Waals surface area contributed by atoms with Crippen LogP contribution in [0.3, 0.4) is 0 Å². The number of aromatic nitrogens is 3. The molecule has 0 saturated heterocycles. The number of fused-ring (bicyclic) bond motifs is 1. The summed E-state index contributed by atoms with van der Waals surface area (Å²) in [5.74, 6) is 0.172. The highest BCUT2D eigenvalue weighted by molar-refractivity contribution is 5.67. The Morgan fingerprint density at radius 3 is 2.88 bits per heavy atom. The first-order valence-electron chi connectivity index (χ1n) is 5.32. The van der Waals surface area contributed by atoms with Crippen molar-refractivity contribution in [2.24, 2.45) is 0 Å². The first-order valence-corrected chi connectivity index (χ1v) is 5.32. The largest absolute Gasteiger partial charge is 0.506 e. The van der Waals surface area contributed by atoms with Crippen molar-refractivity contribution >= 4 is 5.65 Å². The maximum atomic E-state index is 9.44. The molecule has 0 saturated carbocycles. The van der Waals surface area contributed by atoms with E-state index in [9.17, 15) is 5.11 Å². The molecule has 0 aliphatic rings. The normalized spacial score (nSPS) is 10.9. The van der Waals surface area contributed by atoms with E-state index in [4.69, 9.17) is 0 Å². The molecule has 0 unspecified atom stereocenters. The van der Waals surface area contributed by atoms with Crippen LogP contribution in [0, 0.1) is 6.92 Å². The van der Waals surface area contributed by atoms with Gasteiger partial charge in [0.05, 0.1) is 6.20 Å². The Kier molecular flexibility index (Phi) is 2.08. The van der Waals surface area contributed by atoms with Crippen molar-refractivity contribution in [3.63, 3.8) is 0 Å². The zero-order valence-electron chi connectivity index (χ0n) is 9.33. The van der Waals surface area contributed by atoms with Gasteiger partial charge in [0.2, 0.25) is 0 Å². The lowest BCUT2D eigenvalue weighted by Crippen LogP contribution is -1.90. The molecule has 0 aromatic carbocycles. The smallest absolute Gasteiger partial charge is 0.139 e. The van der Waals surface area contributed by atoms with Gasteiger partial charge in [0.1, 0.15) is 11.4 Å². The van der Waals surface area contributed by atoms with Crippen molar-refractivity contribution in [1.29, 1.82) is 0 Å². The lowest BCUT2D eigenvalue weighted by Gasteiger charge is -2.05. The van der Waals surface area contributed by atoms with Crippen molar-refractivity contribution in [2.75, 3.05) is 0 Å². The fraction of sp³-hybridized carbons (Fsp3) is 0.0769. The predicted molar refractivity (Wildman–Crippen MR) is 64.8 cm³/mol. The Hall–Kier alpha value is -2.36. The molecule has 0 atom stereocenters. The van der Waals surface area contributed by atoms with Gasteiger partial charge < -0.3 is 9.51 Å². The van der Waals surface area contributed by atoms with Gasteiger partial charge in [-0.05, 0) is 24.6 Å². The molecule has 0 aliphatic carbocycles. The van der Waals surface area contributed by atoms with E-state index in [-0.39, 0.29) is 5.75 Å². The number of pyridine rings is 2. The van der Waals surface area contributed by atoms with Crippen LogP contribution in [-0.2, 0) is 0 Å². The zero-order valence-corrected chi connectivity index (χ0v) is 9.33. The number of aromatic hydroxyl groups is 1. The number of nitrogens with zero attached hydrogens (tertiary/aromatic N) is 3. The maximum absolute atomic E-state index is 9.44. The highest BCUT2D eigenvalue weighted by Gasteiger charge is 2.04. The lowest BCUT2D eigenvalue weighted by molar-refractivity contribution is 0.473. The fourth-order valence-electron chi connectivity index (χ4n) is 1.95. The summed E-state index contributed by atoms with van der Waals surface area (Å²) in [5, 5.41) is 9.44. The number of hydrogen-bond acceptors (Lipinski definition) is 3. The minimum atomic E-state index is 0.172. The average molecular weight is 225 g/mol. The second-order valence-corrected chi connectivity index (χ2v) is 4.00. The highest BCUT2D eigenvalue weighted by atomic mass is 16.3. The standard InChI is InChI=1S/C13H11N3O/c1-9-4-11(8-16-3-2-15-13(9)16)10-5-12(17)7-14-6-10/h2-8,17H,1H3. The molecule has 3 aromatic heterocycles. The summed E-state index contributed by atoms with van der Waals surface area (Å²) < 4.78 is 1.97. The van der Waals surface area contributed by atoms with Crippen LogP contribution in [0.1, 0.15) is 5.56 Å². The van der Waals surface area contributed by atoms with Crippen LogP contribution in [0.25, 0.3) is 16.8 Å². The van der Waals surface area contributed by atoms with Crippen LogP contribution in [0.2, 0.25) is 0 Å². The number of imidazole rings is 1. The van der Waals surface area contributed by atoms with Crippen molar-refractivity contribution in [3.8, 4) is 16.9 Å². The molecule has 3 aromatic rings. The maximum Gasteiger partial charge on any atom is 0.139 e. The Balaban J connectivity index is 2.23. The average Bonchev–Trinajstić information content (AvgIpc) is 2.77. The molecule has 0 fully saturated rings. The van der Waals surface area contributed by atoms with Crippen molar-refractivity contribution in [1.82, 2.24) is 14.4 Å². The van der Waals surface area contributed by atoms with E-state index >= 15 is 0 Å². The second-order valence-electron chi connectivity index (χ2n) is 4.00. The molecule has 17 heavy (non-hydrogen) atoms. The third-order valence-electron chi connectivity index (χ3n) is 2.73. The zero-order chi connectivity index (χ0) is 11.8. The van der Waals surface area contributed by atoms with Gasteiger partial charge in [-0.15, -0.1) is 0 Å². The molecular formula is C13H11N3O. The predicted octanol–water partition coefficient (Wildman–Crippen LogP) is 2.41. The number of aryl methyl sites for hydroxylation is 1. The molecule has 4 nitrogen and oxygen atoms in total. The third-order valence-corrected chi connectivity index (χ3v) is 2.73. The van der Waals surface area contributed by atoms with Crippen molar-refractivity contribution in [3.05, 3.63) is 48.7 Å². The second kappa shape index (κ2) is 3.59. The van der Waals surface area contributed by atoms with E-state index in [2.05, 4.69) is 9.97 Å². The SMILES string of the molecule is Cc1cc(-c2cncc(O)c2)cn2ccnc12. The Bertz CT molecular complexity index is 688. The highest BCUT2D eigenvalue weighted by Crippen LogP contribution is 2.24. The minimum absolute atomic E-state index is 0.172. The molecule has 0 amide bonds. The molecule has 3 rings (SSSR count). The van der Waals surface area contributed by atoms with Gasteiger partial charge >= 0.3 is 0 Å². The van der Waals surface area contributed by atoms with Crippen molar-refractivity contribution in [2.45, 2.75) is 6.92 Å². The summed E-state index contributed by atoms with van der Waals surface area (Å²) in [6, 6.07) is 3.74. The molecule has 0 spiro atoms. The van der Waals surface area contributed by atoms with Crippen LogP contribution < -0.4 is 0 Å².